The maximum Gasteiger partial charge on any atom is 0.335 e. The molecule has 0 aliphatic heterocycles. The monoisotopic (exact) mass is 171 g/mol. The van der Waals surface area contributed by atoms with Crippen LogP contribution in [0.1, 0.15) is 20.3 Å². The van der Waals surface area contributed by atoms with Crippen LogP contribution in [0.3, 0.4) is 0 Å². The van der Waals surface area contributed by atoms with Crippen molar-refractivity contribution in [1.29, 1.82) is 0 Å². The largest absolute Gasteiger partial charge is 0.478 e. The van der Waals surface area contributed by atoms with Crippen LogP contribution < -0.4 is 5.90 Å². The molecule has 0 aromatic carbocycles. The van der Waals surface area contributed by atoms with E-state index in [1.54, 1.807) is 6.92 Å². The van der Waals surface area contributed by atoms with Gasteiger partial charge in [0.1, 0.15) is 5.76 Å². The highest BCUT2D eigenvalue weighted by molar-refractivity contribution is 5.89. The lowest BCUT2D eigenvalue weighted by Gasteiger charge is -2.00. The molecule has 0 heterocycles. The predicted molar refractivity (Wildman–Crippen MR) is 45.0 cm³/mol. The zero-order valence-electron chi connectivity index (χ0n) is 7.20. The highest BCUT2D eigenvalue weighted by Gasteiger charge is 2.03. The van der Waals surface area contributed by atoms with Crippen LogP contribution in [0.5, 0.6) is 0 Å². The van der Waals surface area contributed by atoms with Crippen molar-refractivity contribution in [1.82, 2.24) is 0 Å². The van der Waals surface area contributed by atoms with Gasteiger partial charge in [-0.1, -0.05) is 13.0 Å². The number of allylic oxidation sites excluding steroid dienone is 2. The minimum Gasteiger partial charge on any atom is -0.478 e. The van der Waals surface area contributed by atoms with Crippen molar-refractivity contribution in [3.63, 3.8) is 0 Å². The molecule has 0 spiro atoms. The van der Waals surface area contributed by atoms with Gasteiger partial charge in [-0.3, -0.25) is 0 Å². The molecule has 0 saturated heterocycles. The van der Waals surface area contributed by atoms with E-state index in [4.69, 9.17) is 11.0 Å². The first-order chi connectivity index (χ1) is 5.65. The van der Waals surface area contributed by atoms with Gasteiger partial charge in [0.25, 0.3) is 0 Å². The molecule has 0 aliphatic carbocycles. The summed E-state index contributed by atoms with van der Waals surface area (Å²) in [4.78, 5) is 14.9. The Hall–Kier alpha value is -1.29. The van der Waals surface area contributed by atoms with Crippen LogP contribution in [-0.4, -0.2) is 11.1 Å². The van der Waals surface area contributed by atoms with E-state index in [0.29, 0.717) is 12.2 Å². The van der Waals surface area contributed by atoms with Gasteiger partial charge < -0.3 is 9.94 Å². The van der Waals surface area contributed by atoms with Crippen LogP contribution in [0, 0.1) is 0 Å². The second kappa shape index (κ2) is 5.37. The average molecular weight is 171 g/mol. The summed E-state index contributed by atoms with van der Waals surface area (Å²) >= 11 is 0. The van der Waals surface area contributed by atoms with E-state index in [0.717, 1.165) is 0 Å². The van der Waals surface area contributed by atoms with E-state index in [-0.39, 0.29) is 5.57 Å². The summed E-state index contributed by atoms with van der Waals surface area (Å²) in [6.45, 7) is 3.47. The van der Waals surface area contributed by atoms with Crippen molar-refractivity contribution in [3.8, 4) is 0 Å². The van der Waals surface area contributed by atoms with E-state index < -0.39 is 5.97 Å². The summed E-state index contributed by atoms with van der Waals surface area (Å²) in [5, 5.41) is 8.60. The van der Waals surface area contributed by atoms with Gasteiger partial charge in [0.2, 0.25) is 0 Å². The standard InChI is InChI=1S/C8H13NO3/c1-3-6(8(10)11)5-7(4-2)12-9/h3,5H,4,9H2,1-2H3,(H,10,11)/b6-3+,7-5-. The minimum atomic E-state index is -0.986. The summed E-state index contributed by atoms with van der Waals surface area (Å²) in [5.74, 6) is 4.36. The fraction of sp³-hybridized carbons (Fsp3) is 0.375. The number of carboxylic acid groups (broad SMARTS) is 1. The first-order valence-corrected chi connectivity index (χ1v) is 3.62. The quantitative estimate of drug-likeness (QED) is 0.288. The second-order valence-corrected chi connectivity index (χ2v) is 2.13. The molecule has 0 rings (SSSR count). The molecule has 4 heteroatoms. The Balaban J connectivity index is 4.56. The third kappa shape index (κ3) is 3.21. The Morgan fingerprint density at radius 2 is 2.25 bits per heavy atom. The van der Waals surface area contributed by atoms with Crippen molar-refractivity contribution in [3.05, 3.63) is 23.5 Å². The van der Waals surface area contributed by atoms with Crippen LogP contribution in [-0.2, 0) is 9.63 Å². The number of hydrogen-bond donors (Lipinski definition) is 2. The fourth-order valence-corrected chi connectivity index (χ4v) is 0.661. The molecule has 12 heavy (non-hydrogen) atoms. The molecule has 68 valence electrons. The van der Waals surface area contributed by atoms with Crippen molar-refractivity contribution in [2.24, 2.45) is 5.90 Å². The van der Waals surface area contributed by atoms with E-state index in [1.165, 1.54) is 12.2 Å². The maximum absolute atomic E-state index is 10.5. The molecule has 0 aromatic heterocycles. The molecule has 0 saturated carbocycles. The second-order valence-electron chi connectivity index (χ2n) is 2.13. The van der Waals surface area contributed by atoms with Gasteiger partial charge in [0, 0.05) is 6.42 Å². The summed E-state index contributed by atoms with van der Waals surface area (Å²) in [6.07, 6.45) is 3.46. The number of rotatable bonds is 4. The molecular formula is C8H13NO3. The van der Waals surface area contributed by atoms with E-state index in [1.807, 2.05) is 6.92 Å². The minimum absolute atomic E-state index is 0.178. The van der Waals surface area contributed by atoms with Crippen molar-refractivity contribution >= 4 is 5.97 Å². The zero-order valence-corrected chi connectivity index (χ0v) is 7.20. The summed E-state index contributed by atoms with van der Waals surface area (Å²) in [7, 11) is 0. The molecule has 0 fully saturated rings. The Morgan fingerprint density at radius 1 is 1.67 bits per heavy atom. The van der Waals surface area contributed by atoms with E-state index in [2.05, 4.69) is 4.84 Å². The highest BCUT2D eigenvalue weighted by Crippen LogP contribution is 2.05. The highest BCUT2D eigenvalue weighted by atomic mass is 16.6. The molecule has 0 aromatic rings. The first-order valence-electron chi connectivity index (χ1n) is 3.62. The van der Waals surface area contributed by atoms with Crippen LogP contribution >= 0.6 is 0 Å². The van der Waals surface area contributed by atoms with Crippen LogP contribution in [0.4, 0.5) is 0 Å². The fourth-order valence-electron chi connectivity index (χ4n) is 0.661. The Kier molecular flexibility index (Phi) is 4.79. The van der Waals surface area contributed by atoms with Crippen molar-refractivity contribution < 1.29 is 14.7 Å². The smallest absolute Gasteiger partial charge is 0.335 e. The van der Waals surface area contributed by atoms with Crippen LogP contribution in [0.25, 0.3) is 0 Å². The topological polar surface area (TPSA) is 72.5 Å². The van der Waals surface area contributed by atoms with Gasteiger partial charge in [-0.05, 0) is 13.0 Å². The normalized spacial score (nSPS) is 12.9. The number of aliphatic carboxylic acids is 1. The van der Waals surface area contributed by atoms with Crippen LogP contribution in [0.2, 0.25) is 0 Å². The molecule has 0 aliphatic rings. The Morgan fingerprint density at radius 3 is 2.50 bits per heavy atom. The van der Waals surface area contributed by atoms with Crippen molar-refractivity contribution in [2.45, 2.75) is 20.3 Å². The third-order valence-electron chi connectivity index (χ3n) is 1.37. The first kappa shape index (κ1) is 10.7. The molecule has 3 N–H and O–H groups in total. The summed E-state index contributed by atoms with van der Waals surface area (Å²) < 4.78 is 0. The maximum atomic E-state index is 10.5. The molecule has 0 amide bonds. The Labute approximate surface area is 71.3 Å². The Bertz CT molecular complexity index is 212. The summed E-state index contributed by atoms with van der Waals surface area (Å²) in [5.41, 5.74) is 0.178. The molecule has 0 unspecified atom stereocenters. The van der Waals surface area contributed by atoms with Gasteiger partial charge in [0.15, 0.2) is 0 Å². The number of hydrogen-bond acceptors (Lipinski definition) is 3. The van der Waals surface area contributed by atoms with Gasteiger partial charge in [0.05, 0.1) is 5.57 Å². The molecular weight excluding hydrogens is 158 g/mol. The molecule has 0 bridgehead atoms. The van der Waals surface area contributed by atoms with Gasteiger partial charge >= 0.3 is 5.97 Å². The molecule has 0 atom stereocenters. The number of carbonyl (C=O) groups is 1. The molecule has 4 nitrogen and oxygen atoms in total. The number of carboxylic acids is 1. The van der Waals surface area contributed by atoms with Gasteiger partial charge in [-0.25, -0.2) is 4.79 Å². The SMILES string of the molecule is C/C=C(\C=C(\CC)ON)C(=O)O. The van der Waals surface area contributed by atoms with Gasteiger partial charge in [-0.15, -0.1) is 0 Å². The lowest BCUT2D eigenvalue weighted by Crippen LogP contribution is -2.02. The van der Waals surface area contributed by atoms with E-state index in [9.17, 15) is 4.79 Å². The molecule has 0 radical (unpaired) electrons. The lowest BCUT2D eigenvalue weighted by molar-refractivity contribution is -0.132. The van der Waals surface area contributed by atoms with Crippen LogP contribution in [0.15, 0.2) is 23.5 Å². The van der Waals surface area contributed by atoms with E-state index >= 15 is 0 Å². The van der Waals surface area contributed by atoms with Gasteiger partial charge in [-0.2, -0.15) is 5.90 Å². The summed E-state index contributed by atoms with van der Waals surface area (Å²) in [6, 6.07) is 0. The third-order valence-corrected chi connectivity index (χ3v) is 1.37. The predicted octanol–water partition coefficient (Wildman–Crippen LogP) is 1.20. The lowest BCUT2D eigenvalue weighted by atomic mass is 10.2. The number of nitrogens with two attached hydrogens (primary N) is 1. The average Bonchev–Trinajstić information content (AvgIpc) is 2.06. The zero-order chi connectivity index (χ0) is 9.56. The van der Waals surface area contributed by atoms with Crippen molar-refractivity contribution in [2.75, 3.05) is 0 Å².